The van der Waals surface area contributed by atoms with Gasteiger partial charge in [-0.25, -0.2) is 4.79 Å². The van der Waals surface area contributed by atoms with Gasteiger partial charge in [0.05, 0.1) is 28.8 Å². The number of pyridine rings is 1. The van der Waals surface area contributed by atoms with Crippen LogP contribution >= 0.6 is 0 Å². The highest BCUT2D eigenvalue weighted by molar-refractivity contribution is 6.33. The quantitative estimate of drug-likeness (QED) is 0.449. The Morgan fingerprint density at radius 2 is 1.88 bits per heavy atom. The average Bonchev–Trinajstić information content (AvgIpc) is 2.95. The molecule has 1 aliphatic carbocycles. The zero-order chi connectivity index (χ0) is 17.7. The fourth-order valence-corrected chi connectivity index (χ4v) is 3.33. The number of carbonyl (C=O) groups is 3. The Morgan fingerprint density at radius 1 is 1.08 bits per heavy atom. The summed E-state index contributed by atoms with van der Waals surface area (Å²) in [4.78, 5) is 38.7. The number of anilines is 1. The molecule has 6 nitrogen and oxygen atoms in total. The predicted molar refractivity (Wildman–Crippen MR) is 91.1 cm³/mol. The SMILES string of the molecule is CCOC(=O)c1c2c(n3ccccc13)C(=O)c1cccc(N)c1C2=O. The third-order valence-electron chi connectivity index (χ3n) is 4.33. The normalized spacial score (nSPS) is 12.8. The molecule has 0 aliphatic heterocycles. The third kappa shape index (κ3) is 1.94. The van der Waals surface area contributed by atoms with E-state index in [-0.39, 0.29) is 46.0 Å². The van der Waals surface area contributed by atoms with Gasteiger partial charge in [0.2, 0.25) is 5.78 Å². The van der Waals surface area contributed by atoms with E-state index in [0.717, 1.165) is 0 Å². The lowest BCUT2D eigenvalue weighted by Crippen LogP contribution is -2.24. The van der Waals surface area contributed by atoms with Gasteiger partial charge in [-0.05, 0) is 25.1 Å². The van der Waals surface area contributed by atoms with Crippen LogP contribution in [-0.2, 0) is 4.74 Å². The number of nitrogens with zero attached hydrogens (tertiary/aromatic N) is 1. The van der Waals surface area contributed by atoms with Crippen LogP contribution in [-0.4, -0.2) is 28.5 Å². The number of aromatic nitrogens is 1. The van der Waals surface area contributed by atoms with E-state index in [1.165, 1.54) is 0 Å². The molecule has 2 heterocycles. The van der Waals surface area contributed by atoms with Crippen molar-refractivity contribution in [1.82, 2.24) is 4.40 Å². The molecule has 0 bridgehead atoms. The first-order valence-electron chi connectivity index (χ1n) is 7.84. The number of carbonyl (C=O) groups excluding carboxylic acids is 3. The molecule has 124 valence electrons. The van der Waals surface area contributed by atoms with Crippen molar-refractivity contribution in [2.45, 2.75) is 6.92 Å². The van der Waals surface area contributed by atoms with Crippen molar-refractivity contribution < 1.29 is 19.1 Å². The molecule has 0 saturated heterocycles. The second kappa shape index (κ2) is 5.31. The van der Waals surface area contributed by atoms with Crippen LogP contribution in [0.1, 0.15) is 49.3 Å². The molecular weight excluding hydrogens is 320 g/mol. The highest BCUT2D eigenvalue weighted by Gasteiger charge is 2.39. The molecule has 1 aliphatic rings. The molecule has 4 rings (SSSR count). The van der Waals surface area contributed by atoms with E-state index in [1.807, 2.05) is 0 Å². The lowest BCUT2D eigenvalue weighted by Gasteiger charge is -2.17. The second-order valence-electron chi connectivity index (χ2n) is 5.70. The number of nitrogen functional groups attached to an aromatic ring is 1. The molecule has 0 spiro atoms. The summed E-state index contributed by atoms with van der Waals surface area (Å²) in [5, 5.41) is 0. The van der Waals surface area contributed by atoms with E-state index in [4.69, 9.17) is 10.5 Å². The highest BCUT2D eigenvalue weighted by atomic mass is 16.5. The number of rotatable bonds is 2. The maximum atomic E-state index is 13.1. The molecule has 2 aromatic heterocycles. The Kier molecular flexibility index (Phi) is 3.21. The molecule has 25 heavy (non-hydrogen) atoms. The van der Waals surface area contributed by atoms with E-state index in [9.17, 15) is 14.4 Å². The monoisotopic (exact) mass is 334 g/mol. The third-order valence-corrected chi connectivity index (χ3v) is 4.33. The van der Waals surface area contributed by atoms with Crippen LogP contribution in [0.25, 0.3) is 5.52 Å². The Bertz CT molecular complexity index is 1080. The lowest BCUT2D eigenvalue weighted by molar-refractivity contribution is 0.0526. The van der Waals surface area contributed by atoms with E-state index >= 15 is 0 Å². The Labute approximate surface area is 142 Å². The first-order chi connectivity index (χ1) is 12.1. The first kappa shape index (κ1) is 15.1. The smallest absolute Gasteiger partial charge is 0.341 e. The largest absolute Gasteiger partial charge is 0.462 e. The Balaban J connectivity index is 2.13. The maximum Gasteiger partial charge on any atom is 0.341 e. The van der Waals surface area contributed by atoms with Crippen molar-refractivity contribution in [3.8, 4) is 0 Å². The molecule has 0 atom stereocenters. The van der Waals surface area contributed by atoms with E-state index in [1.54, 1.807) is 53.9 Å². The molecule has 0 unspecified atom stereocenters. The van der Waals surface area contributed by atoms with Crippen molar-refractivity contribution in [1.29, 1.82) is 0 Å². The van der Waals surface area contributed by atoms with Crippen LogP contribution < -0.4 is 5.73 Å². The molecule has 2 N–H and O–H groups in total. The topological polar surface area (TPSA) is 90.9 Å². The molecule has 0 radical (unpaired) electrons. The second-order valence-corrected chi connectivity index (χ2v) is 5.70. The summed E-state index contributed by atoms with van der Waals surface area (Å²) < 4.78 is 6.68. The number of benzene rings is 1. The summed E-state index contributed by atoms with van der Waals surface area (Å²) in [7, 11) is 0. The van der Waals surface area contributed by atoms with Gasteiger partial charge in [0.25, 0.3) is 0 Å². The maximum absolute atomic E-state index is 13.1. The zero-order valence-corrected chi connectivity index (χ0v) is 13.4. The summed E-state index contributed by atoms with van der Waals surface area (Å²) >= 11 is 0. The molecule has 3 aromatic rings. The summed E-state index contributed by atoms with van der Waals surface area (Å²) in [6, 6.07) is 9.91. The van der Waals surface area contributed by atoms with Gasteiger partial charge in [-0.15, -0.1) is 0 Å². The number of hydrogen-bond donors (Lipinski definition) is 1. The van der Waals surface area contributed by atoms with Gasteiger partial charge in [-0.1, -0.05) is 18.2 Å². The van der Waals surface area contributed by atoms with Crippen LogP contribution in [0.5, 0.6) is 0 Å². The summed E-state index contributed by atoms with van der Waals surface area (Å²) in [5.74, 6) is -1.41. The van der Waals surface area contributed by atoms with E-state index in [0.29, 0.717) is 5.52 Å². The molecule has 0 fully saturated rings. The van der Waals surface area contributed by atoms with E-state index < -0.39 is 11.8 Å². The number of esters is 1. The van der Waals surface area contributed by atoms with Gasteiger partial charge in [-0.2, -0.15) is 0 Å². The molecule has 0 amide bonds. The number of hydrogen-bond acceptors (Lipinski definition) is 5. The molecule has 0 saturated carbocycles. The van der Waals surface area contributed by atoms with Crippen molar-refractivity contribution in [2.75, 3.05) is 12.3 Å². The highest BCUT2D eigenvalue weighted by Crippen LogP contribution is 2.36. The van der Waals surface area contributed by atoms with Crippen molar-refractivity contribution in [2.24, 2.45) is 0 Å². The summed E-state index contributed by atoms with van der Waals surface area (Å²) in [6.45, 7) is 1.85. The van der Waals surface area contributed by atoms with Crippen LogP contribution in [0, 0.1) is 0 Å². The van der Waals surface area contributed by atoms with Gasteiger partial charge in [-0.3, -0.25) is 9.59 Å². The van der Waals surface area contributed by atoms with Gasteiger partial charge in [0.15, 0.2) is 5.78 Å². The lowest BCUT2D eigenvalue weighted by atomic mass is 9.85. The first-order valence-corrected chi connectivity index (χ1v) is 7.84. The predicted octanol–water partition coefficient (Wildman–Crippen LogP) is 2.47. The minimum Gasteiger partial charge on any atom is -0.462 e. The number of ether oxygens (including phenoxy) is 1. The van der Waals surface area contributed by atoms with Gasteiger partial charge < -0.3 is 14.9 Å². The number of fused-ring (bicyclic) bond motifs is 4. The van der Waals surface area contributed by atoms with Crippen molar-refractivity contribution in [3.05, 3.63) is 70.5 Å². The fraction of sp³-hybridized carbons (Fsp3) is 0.105. The summed E-state index contributed by atoms with van der Waals surface area (Å²) in [5.41, 5.74) is 7.32. The van der Waals surface area contributed by atoms with Gasteiger partial charge in [0.1, 0.15) is 5.69 Å². The zero-order valence-electron chi connectivity index (χ0n) is 13.4. The average molecular weight is 334 g/mol. The summed E-state index contributed by atoms with van der Waals surface area (Å²) in [6.07, 6.45) is 1.65. The van der Waals surface area contributed by atoms with Gasteiger partial charge in [0, 0.05) is 17.4 Å². The fourth-order valence-electron chi connectivity index (χ4n) is 3.33. The van der Waals surface area contributed by atoms with Crippen LogP contribution in [0.3, 0.4) is 0 Å². The molecule has 1 aromatic carbocycles. The van der Waals surface area contributed by atoms with Crippen LogP contribution in [0.15, 0.2) is 42.6 Å². The standard InChI is InChI=1S/C19H14N2O4/c1-2-25-19(24)14-12-8-3-4-9-21(12)16-15(14)18(23)13-10(17(16)22)6-5-7-11(13)20/h3-9H,2,20H2,1H3. The molecule has 6 heteroatoms. The number of nitrogens with two attached hydrogens (primary N) is 1. The van der Waals surface area contributed by atoms with E-state index in [2.05, 4.69) is 0 Å². The Hall–Kier alpha value is -3.41. The number of ketones is 2. The Morgan fingerprint density at radius 3 is 2.64 bits per heavy atom. The molecular formula is C19H14N2O4. The van der Waals surface area contributed by atoms with Crippen molar-refractivity contribution >= 4 is 28.7 Å². The minimum atomic E-state index is -0.633. The van der Waals surface area contributed by atoms with Crippen LogP contribution in [0.4, 0.5) is 5.69 Å². The minimum absolute atomic E-state index is 0.0556. The van der Waals surface area contributed by atoms with Crippen molar-refractivity contribution in [3.63, 3.8) is 0 Å². The van der Waals surface area contributed by atoms with Gasteiger partial charge >= 0.3 is 5.97 Å². The van der Waals surface area contributed by atoms with Crippen LogP contribution in [0.2, 0.25) is 0 Å².